The summed E-state index contributed by atoms with van der Waals surface area (Å²) >= 11 is 6.65. The number of unbranched alkanes of at least 4 members (excludes halogenated alkanes) is 2. The van der Waals surface area contributed by atoms with Crippen molar-refractivity contribution < 1.29 is 0 Å². The zero-order valence-electron chi connectivity index (χ0n) is 19.0. The molecule has 0 bridgehead atoms. The third-order valence-corrected chi connectivity index (χ3v) is 6.18. The van der Waals surface area contributed by atoms with Crippen molar-refractivity contribution in [3.63, 3.8) is 0 Å². The molecule has 4 aromatic rings. The van der Waals surface area contributed by atoms with E-state index in [0.717, 1.165) is 60.1 Å². The zero-order valence-corrected chi connectivity index (χ0v) is 19.7. The number of tetrazole rings is 1. The van der Waals surface area contributed by atoms with Crippen LogP contribution in [0.1, 0.15) is 50.8 Å². The number of benzene rings is 1. The van der Waals surface area contributed by atoms with E-state index in [0.29, 0.717) is 24.1 Å². The normalized spacial score (nSPS) is 11.2. The van der Waals surface area contributed by atoms with E-state index >= 15 is 0 Å². The van der Waals surface area contributed by atoms with Crippen molar-refractivity contribution in [2.24, 2.45) is 0 Å². The first kappa shape index (κ1) is 22.9. The summed E-state index contributed by atoms with van der Waals surface area (Å²) in [5.41, 5.74) is 4.71. The number of imidazole rings is 1. The lowest BCUT2D eigenvalue weighted by atomic mass is 10.0. The van der Waals surface area contributed by atoms with Gasteiger partial charge in [-0.3, -0.25) is 14.1 Å². The Morgan fingerprint density at radius 3 is 2.52 bits per heavy atom. The highest BCUT2D eigenvalue weighted by atomic mass is 35.5. The maximum atomic E-state index is 13.2. The Labute approximate surface area is 197 Å². The third-order valence-electron chi connectivity index (χ3n) is 5.76. The topological polar surface area (TPSA) is 94.3 Å². The molecule has 1 aromatic carbocycles. The van der Waals surface area contributed by atoms with Crippen LogP contribution in [0.15, 0.2) is 47.5 Å². The van der Waals surface area contributed by atoms with E-state index in [4.69, 9.17) is 11.6 Å². The summed E-state index contributed by atoms with van der Waals surface area (Å²) in [6.45, 7) is 5.40. The van der Waals surface area contributed by atoms with E-state index in [9.17, 15) is 4.79 Å². The Bertz CT molecular complexity index is 1240. The van der Waals surface area contributed by atoms with Gasteiger partial charge in [0, 0.05) is 30.1 Å². The van der Waals surface area contributed by atoms with Crippen LogP contribution in [0, 0.1) is 0 Å². The Morgan fingerprint density at radius 2 is 1.82 bits per heavy atom. The minimum absolute atomic E-state index is 0.0315. The quantitative estimate of drug-likeness (QED) is 0.341. The first-order valence-corrected chi connectivity index (χ1v) is 11.8. The number of halogens is 1. The van der Waals surface area contributed by atoms with Crippen molar-refractivity contribution in [3.8, 4) is 22.5 Å². The molecule has 0 saturated heterocycles. The maximum Gasteiger partial charge on any atom is 0.329 e. The van der Waals surface area contributed by atoms with Crippen LogP contribution < -0.4 is 5.69 Å². The largest absolute Gasteiger partial charge is 0.329 e. The summed E-state index contributed by atoms with van der Waals surface area (Å²) in [6, 6.07) is 10.0. The van der Waals surface area contributed by atoms with Crippen LogP contribution in [0.25, 0.3) is 22.5 Å². The van der Waals surface area contributed by atoms with Gasteiger partial charge >= 0.3 is 5.69 Å². The molecule has 0 amide bonds. The van der Waals surface area contributed by atoms with E-state index < -0.39 is 0 Å². The van der Waals surface area contributed by atoms with Crippen LogP contribution in [0.2, 0.25) is 5.15 Å². The predicted molar refractivity (Wildman–Crippen MR) is 129 cm³/mol. The summed E-state index contributed by atoms with van der Waals surface area (Å²) in [5.74, 6) is 0.589. The van der Waals surface area contributed by atoms with Gasteiger partial charge in [0.1, 0.15) is 5.15 Å². The van der Waals surface area contributed by atoms with E-state index in [-0.39, 0.29) is 5.69 Å². The standard InChI is InChI=1S/C24H28ClN7O/c1-3-5-6-14-31-22(25)21(7-4-2)32(24(31)33)16-17-8-10-18(11-9-17)20-15-26-13-12-19(20)23-27-29-30-28-23/h8-13,15H,3-7,14,16H2,1-2H3,(H,27,28,29,30). The summed E-state index contributed by atoms with van der Waals surface area (Å²) < 4.78 is 3.55. The minimum atomic E-state index is -0.0315. The highest BCUT2D eigenvalue weighted by Crippen LogP contribution is 2.29. The first-order valence-electron chi connectivity index (χ1n) is 11.4. The summed E-state index contributed by atoms with van der Waals surface area (Å²) in [6.07, 6.45) is 8.36. The molecule has 3 aromatic heterocycles. The number of nitrogens with one attached hydrogen (secondary N) is 1. The Morgan fingerprint density at radius 1 is 1.00 bits per heavy atom. The van der Waals surface area contributed by atoms with Crippen molar-refractivity contribution in [1.29, 1.82) is 0 Å². The zero-order chi connectivity index (χ0) is 23.2. The van der Waals surface area contributed by atoms with Gasteiger partial charge < -0.3 is 0 Å². The maximum absolute atomic E-state index is 13.2. The molecule has 4 rings (SSSR count). The molecule has 0 spiro atoms. The van der Waals surface area contributed by atoms with Crippen molar-refractivity contribution >= 4 is 11.6 Å². The van der Waals surface area contributed by atoms with Crippen LogP contribution in [0.3, 0.4) is 0 Å². The molecular formula is C24H28ClN7O. The van der Waals surface area contributed by atoms with E-state index in [2.05, 4.69) is 39.5 Å². The van der Waals surface area contributed by atoms with Gasteiger partial charge in [0.05, 0.1) is 12.2 Å². The fraction of sp³-hybridized carbons (Fsp3) is 0.375. The van der Waals surface area contributed by atoms with Gasteiger partial charge in [0.15, 0.2) is 5.82 Å². The highest BCUT2D eigenvalue weighted by Gasteiger charge is 2.18. The number of nitrogens with zero attached hydrogens (tertiary/aromatic N) is 6. The lowest BCUT2D eigenvalue weighted by Crippen LogP contribution is -2.25. The molecule has 0 aliphatic rings. The molecule has 0 radical (unpaired) electrons. The van der Waals surface area contributed by atoms with Crippen molar-refractivity contribution in [2.75, 3.05) is 0 Å². The number of rotatable bonds is 10. The average molecular weight is 466 g/mol. The van der Waals surface area contributed by atoms with Gasteiger partial charge in [-0.15, -0.1) is 5.10 Å². The van der Waals surface area contributed by atoms with Crippen molar-refractivity contribution in [3.05, 3.63) is 69.6 Å². The second kappa shape index (κ2) is 10.6. The fourth-order valence-electron chi connectivity index (χ4n) is 4.04. The van der Waals surface area contributed by atoms with Crippen LogP contribution in [-0.4, -0.2) is 34.7 Å². The lowest BCUT2D eigenvalue weighted by molar-refractivity contribution is 0.573. The Balaban J connectivity index is 1.62. The van der Waals surface area contributed by atoms with Crippen molar-refractivity contribution in [2.45, 2.75) is 59.0 Å². The number of hydrogen-bond acceptors (Lipinski definition) is 5. The lowest BCUT2D eigenvalue weighted by Gasteiger charge is -2.10. The molecule has 33 heavy (non-hydrogen) atoms. The minimum Gasteiger partial charge on any atom is -0.290 e. The highest BCUT2D eigenvalue weighted by molar-refractivity contribution is 6.30. The van der Waals surface area contributed by atoms with Gasteiger partial charge in [0.2, 0.25) is 0 Å². The van der Waals surface area contributed by atoms with E-state index in [1.807, 2.05) is 34.9 Å². The Hall–Kier alpha value is -3.26. The van der Waals surface area contributed by atoms with Gasteiger partial charge in [-0.2, -0.15) is 0 Å². The van der Waals surface area contributed by atoms with Crippen molar-refractivity contribution in [1.82, 2.24) is 34.7 Å². The summed E-state index contributed by atoms with van der Waals surface area (Å²) in [4.78, 5) is 17.4. The molecule has 0 atom stereocenters. The molecule has 1 N–H and O–H groups in total. The molecule has 0 unspecified atom stereocenters. The SMILES string of the molecule is CCCCCn1c(Cl)c(CCC)n(Cc2ccc(-c3cnccc3-c3nnn[nH]3)cc2)c1=O. The molecule has 0 aliphatic carbocycles. The van der Waals surface area contributed by atoms with E-state index in [1.54, 1.807) is 17.0 Å². The molecule has 0 aliphatic heterocycles. The first-order chi connectivity index (χ1) is 16.1. The van der Waals surface area contributed by atoms with Gasteiger partial charge in [-0.25, -0.2) is 9.89 Å². The van der Waals surface area contributed by atoms with Gasteiger partial charge in [-0.1, -0.05) is 69.0 Å². The van der Waals surface area contributed by atoms with Gasteiger partial charge in [-0.05, 0) is 40.5 Å². The molecule has 172 valence electrons. The molecular weight excluding hydrogens is 438 g/mol. The number of aromatic nitrogens is 7. The number of hydrogen-bond donors (Lipinski definition) is 1. The molecule has 8 nitrogen and oxygen atoms in total. The van der Waals surface area contributed by atoms with E-state index in [1.165, 1.54) is 0 Å². The third kappa shape index (κ3) is 4.90. The molecule has 9 heteroatoms. The Kier molecular flexibility index (Phi) is 7.34. The number of aromatic amines is 1. The van der Waals surface area contributed by atoms with Crippen LogP contribution >= 0.6 is 11.6 Å². The van der Waals surface area contributed by atoms with Crippen LogP contribution in [0.5, 0.6) is 0 Å². The fourth-order valence-corrected chi connectivity index (χ4v) is 4.39. The van der Waals surface area contributed by atoms with Crippen LogP contribution in [-0.2, 0) is 19.5 Å². The average Bonchev–Trinajstić information content (AvgIpc) is 3.45. The number of pyridine rings is 1. The smallest absolute Gasteiger partial charge is 0.290 e. The second-order valence-corrected chi connectivity index (χ2v) is 8.44. The predicted octanol–water partition coefficient (Wildman–Crippen LogP) is 4.74. The summed E-state index contributed by atoms with van der Waals surface area (Å²) in [7, 11) is 0. The molecule has 0 fully saturated rings. The second-order valence-electron chi connectivity index (χ2n) is 8.08. The summed E-state index contributed by atoms with van der Waals surface area (Å²) in [5, 5.41) is 14.8. The van der Waals surface area contributed by atoms with Gasteiger partial charge in [0.25, 0.3) is 0 Å². The molecule has 3 heterocycles. The van der Waals surface area contributed by atoms with Crippen LogP contribution in [0.4, 0.5) is 0 Å². The molecule has 0 saturated carbocycles. The monoisotopic (exact) mass is 465 g/mol. The number of H-pyrrole nitrogens is 1.